The minimum Gasteiger partial charge on any atom is -0.492 e. The van der Waals surface area contributed by atoms with Crippen LogP contribution in [0.15, 0.2) is 24.4 Å². The summed E-state index contributed by atoms with van der Waals surface area (Å²) in [6, 6.07) is 5.79. The van der Waals surface area contributed by atoms with Crippen molar-refractivity contribution in [3.8, 4) is 5.75 Å². The smallest absolute Gasteiger partial charge is 0.230 e. The number of carbonyl (C=O) groups excluding carboxylic acids is 1. The van der Waals surface area contributed by atoms with Crippen LogP contribution < -0.4 is 10.1 Å². The van der Waals surface area contributed by atoms with Gasteiger partial charge in [0.2, 0.25) is 11.9 Å². The molecule has 0 amide bonds. The molecule has 2 aromatic heterocycles. The average molecular weight is 349 g/mol. The molecule has 1 aromatic carbocycles. The van der Waals surface area contributed by atoms with Crippen LogP contribution >= 0.6 is 0 Å². The van der Waals surface area contributed by atoms with Gasteiger partial charge in [0, 0.05) is 18.0 Å². The maximum absolute atomic E-state index is 11.9. The second kappa shape index (κ2) is 6.67. The molecule has 132 valence electrons. The van der Waals surface area contributed by atoms with Crippen molar-refractivity contribution in [3.05, 3.63) is 41.3 Å². The molecule has 2 heterocycles. The van der Waals surface area contributed by atoms with Crippen molar-refractivity contribution in [2.24, 2.45) is 0 Å². The molecule has 0 saturated heterocycles. The summed E-state index contributed by atoms with van der Waals surface area (Å²) in [5.74, 6) is 1.63. The van der Waals surface area contributed by atoms with Gasteiger partial charge in [-0.25, -0.2) is 19.9 Å². The predicted molar refractivity (Wildman–Crippen MR) is 98.0 cm³/mol. The molecule has 0 atom stereocenters. The molecule has 26 heavy (non-hydrogen) atoms. The summed E-state index contributed by atoms with van der Waals surface area (Å²) in [6.45, 7) is 4.43. The third-order valence-corrected chi connectivity index (χ3v) is 4.39. The summed E-state index contributed by atoms with van der Waals surface area (Å²) in [4.78, 5) is 29.7. The minimum atomic E-state index is 0.108. The maximum atomic E-state index is 11.9. The number of nitrogens with one attached hydrogen (secondary N) is 1. The van der Waals surface area contributed by atoms with Gasteiger partial charge in [-0.2, -0.15) is 0 Å². The summed E-state index contributed by atoms with van der Waals surface area (Å²) >= 11 is 0. The molecule has 0 aliphatic heterocycles. The van der Waals surface area contributed by atoms with Gasteiger partial charge in [0.25, 0.3) is 0 Å². The Bertz CT molecular complexity index is 1000. The normalized spacial score (nSPS) is 13.5. The van der Waals surface area contributed by atoms with Crippen molar-refractivity contribution in [2.45, 2.75) is 33.1 Å². The maximum Gasteiger partial charge on any atom is 0.230 e. The minimum absolute atomic E-state index is 0.108. The van der Waals surface area contributed by atoms with E-state index in [0.29, 0.717) is 30.5 Å². The molecule has 7 nitrogen and oxygen atoms in total. The number of hydrogen-bond acceptors (Lipinski definition) is 7. The Balaban J connectivity index is 1.71. The lowest BCUT2D eigenvalue weighted by Gasteiger charge is -2.14. The summed E-state index contributed by atoms with van der Waals surface area (Å²) in [5, 5.41) is 4.00. The Hall–Kier alpha value is -3.09. The molecule has 0 radical (unpaired) electrons. The predicted octanol–water partition coefficient (Wildman–Crippen LogP) is 3.39. The number of ketones is 1. The third-order valence-electron chi connectivity index (χ3n) is 4.39. The molecule has 1 N–H and O–H groups in total. The molecule has 7 heteroatoms. The highest BCUT2D eigenvalue weighted by Crippen LogP contribution is 2.27. The number of hydrogen-bond donors (Lipinski definition) is 1. The van der Waals surface area contributed by atoms with Crippen molar-refractivity contribution in [1.29, 1.82) is 0 Å². The SMILES string of the molecule is CCOc1cccc2c(C)nc(Nc3ncc4c(n3)CCCC4=O)nc12. The number of ether oxygens (including phenoxy) is 1. The Labute approximate surface area is 150 Å². The fraction of sp³-hybridized carbons (Fsp3) is 0.316. The van der Waals surface area contributed by atoms with E-state index in [9.17, 15) is 4.79 Å². The quantitative estimate of drug-likeness (QED) is 0.772. The van der Waals surface area contributed by atoms with E-state index >= 15 is 0 Å². The fourth-order valence-corrected chi connectivity index (χ4v) is 3.16. The van der Waals surface area contributed by atoms with Gasteiger partial charge in [-0.3, -0.25) is 10.1 Å². The lowest BCUT2D eigenvalue weighted by molar-refractivity contribution is 0.0971. The molecule has 0 bridgehead atoms. The summed E-state index contributed by atoms with van der Waals surface area (Å²) < 4.78 is 5.68. The Morgan fingerprint density at radius 2 is 2.04 bits per heavy atom. The summed E-state index contributed by atoms with van der Waals surface area (Å²) in [5.41, 5.74) is 2.99. The highest BCUT2D eigenvalue weighted by Gasteiger charge is 2.19. The first-order valence-electron chi connectivity index (χ1n) is 8.72. The number of rotatable bonds is 4. The van der Waals surface area contributed by atoms with Crippen LogP contribution in [0.4, 0.5) is 11.9 Å². The van der Waals surface area contributed by atoms with Crippen LogP contribution in [0.2, 0.25) is 0 Å². The van der Waals surface area contributed by atoms with E-state index in [-0.39, 0.29) is 5.78 Å². The number of aromatic nitrogens is 4. The van der Waals surface area contributed by atoms with Crippen LogP contribution in [-0.4, -0.2) is 32.3 Å². The number of benzene rings is 1. The van der Waals surface area contributed by atoms with Crippen molar-refractivity contribution in [2.75, 3.05) is 11.9 Å². The van der Waals surface area contributed by atoms with Gasteiger partial charge in [0.15, 0.2) is 5.78 Å². The number of nitrogens with zero attached hydrogens (tertiary/aromatic N) is 4. The number of fused-ring (bicyclic) bond motifs is 2. The molecule has 3 aromatic rings. The Morgan fingerprint density at radius 1 is 1.15 bits per heavy atom. The van der Waals surface area contributed by atoms with Crippen LogP contribution in [0.3, 0.4) is 0 Å². The standard InChI is InChI=1S/C19H19N5O2/c1-3-26-16-9-4-6-12-11(2)21-19(23-17(12)16)24-18-20-10-13-14(22-18)7-5-8-15(13)25/h4,6,9-10H,3,5,7-8H2,1-2H3,(H,20,21,22,23,24). The first-order chi connectivity index (χ1) is 12.7. The van der Waals surface area contributed by atoms with Gasteiger partial charge in [0.1, 0.15) is 11.3 Å². The van der Waals surface area contributed by atoms with Gasteiger partial charge in [0.05, 0.1) is 23.6 Å². The monoisotopic (exact) mass is 349 g/mol. The first kappa shape index (κ1) is 16.4. The molecule has 0 unspecified atom stereocenters. The number of para-hydroxylation sites is 1. The zero-order valence-electron chi connectivity index (χ0n) is 14.7. The average Bonchev–Trinajstić information content (AvgIpc) is 2.63. The zero-order valence-corrected chi connectivity index (χ0v) is 14.7. The number of aryl methyl sites for hydroxylation is 2. The lowest BCUT2D eigenvalue weighted by atomic mass is 9.96. The molecule has 4 rings (SSSR count). The van der Waals surface area contributed by atoms with Gasteiger partial charge in [-0.15, -0.1) is 0 Å². The molecule has 0 fully saturated rings. The van der Waals surface area contributed by atoms with E-state index in [1.807, 2.05) is 32.0 Å². The van der Waals surface area contributed by atoms with Crippen LogP contribution in [0.25, 0.3) is 10.9 Å². The lowest BCUT2D eigenvalue weighted by Crippen LogP contribution is -2.14. The fourth-order valence-electron chi connectivity index (χ4n) is 3.16. The van der Waals surface area contributed by atoms with E-state index < -0.39 is 0 Å². The van der Waals surface area contributed by atoms with Gasteiger partial charge < -0.3 is 4.74 Å². The number of Topliss-reactive ketones (excluding diaryl/α,β-unsaturated/α-hetero) is 1. The van der Waals surface area contributed by atoms with E-state index in [1.54, 1.807) is 6.20 Å². The van der Waals surface area contributed by atoms with Crippen LogP contribution in [-0.2, 0) is 6.42 Å². The molecular formula is C19H19N5O2. The molecule has 0 spiro atoms. The van der Waals surface area contributed by atoms with Crippen LogP contribution in [0, 0.1) is 6.92 Å². The number of anilines is 2. The summed E-state index contributed by atoms with van der Waals surface area (Å²) in [6.07, 6.45) is 3.76. The van der Waals surface area contributed by atoms with Crippen molar-refractivity contribution in [3.63, 3.8) is 0 Å². The van der Waals surface area contributed by atoms with Crippen molar-refractivity contribution in [1.82, 2.24) is 19.9 Å². The highest BCUT2D eigenvalue weighted by atomic mass is 16.5. The third kappa shape index (κ3) is 2.96. The largest absolute Gasteiger partial charge is 0.492 e. The number of carbonyl (C=O) groups is 1. The first-order valence-corrected chi connectivity index (χ1v) is 8.72. The van der Waals surface area contributed by atoms with Crippen LogP contribution in [0.5, 0.6) is 5.75 Å². The Morgan fingerprint density at radius 3 is 2.88 bits per heavy atom. The molecule has 0 saturated carbocycles. The second-order valence-electron chi connectivity index (χ2n) is 6.17. The van der Waals surface area contributed by atoms with E-state index in [0.717, 1.165) is 40.9 Å². The highest BCUT2D eigenvalue weighted by molar-refractivity contribution is 5.97. The van der Waals surface area contributed by atoms with E-state index in [4.69, 9.17) is 4.74 Å². The van der Waals surface area contributed by atoms with Crippen molar-refractivity contribution >= 4 is 28.6 Å². The van der Waals surface area contributed by atoms with Gasteiger partial charge >= 0.3 is 0 Å². The summed E-state index contributed by atoms with van der Waals surface area (Å²) in [7, 11) is 0. The topological polar surface area (TPSA) is 89.9 Å². The van der Waals surface area contributed by atoms with Gasteiger partial charge in [-0.1, -0.05) is 12.1 Å². The molecule has 1 aliphatic carbocycles. The zero-order chi connectivity index (χ0) is 18.1. The van der Waals surface area contributed by atoms with Gasteiger partial charge in [-0.05, 0) is 32.8 Å². The molecular weight excluding hydrogens is 330 g/mol. The van der Waals surface area contributed by atoms with E-state index in [1.165, 1.54) is 0 Å². The van der Waals surface area contributed by atoms with Crippen molar-refractivity contribution < 1.29 is 9.53 Å². The van der Waals surface area contributed by atoms with E-state index in [2.05, 4.69) is 25.3 Å². The molecule has 1 aliphatic rings. The van der Waals surface area contributed by atoms with Crippen LogP contribution in [0.1, 0.15) is 41.5 Å². The second-order valence-corrected chi connectivity index (χ2v) is 6.17. The Kier molecular flexibility index (Phi) is 4.20.